The van der Waals surface area contributed by atoms with Crippen molar-refractivity contribution in [3.63, 3.8) is 0 Å². The molecule has 1 aliphatic heterocycles. The number of benzene rings is 1. The first kappa shape index (κ1) is 15.8. The number of hydrogen-bond acceptors (Lipinski definition) is 2. The van der Waals surface area contributed by atoms with Crippen molar-refractivity contribution < 1.29 is 14.7 Å². The minimum Gasteiger partial charge on any atom is -0.481 e. The first-order valence-corrected chi connectivity index (χ1v) is 8.24. The molecule has 1 fully saturated rings. The molecule has 0 radical (unpaired) electrons. The van der Waals surface area contributed by atoms with Crippen molar-refractivity contribution >= 4 is 50.4 Å². The number of halogens is 2. The Kier molecular flexibility index (Phi) is 4.73. The maximum Gasteiger partial charge on any atom is 0.311 e. The summed E-state index contributed by atoms with van der Waals surface area (Å²) in [5.41, 5.74) is -0.162. The molecule has 1 saturated heterocycles. The van der Waals surface area contributed by atoms with Crippen molar-refractivity contribution in [1.29, 1.82) is 0 Å². The van der Waals surface area contributed by atoms with Gasteiger partial charge in [0, 0.05) is 21.1 Å². The number of rotatable bonds is 3. The highest BCUT2D eigenvalue weighted by Crippen LogP contribution is 2.35. The Balaban J connectivity index is 2.24. The van der Waals surface area contributed by atoms with Crippen LogP contribution in [0.5, 0.6) is 0 Å². The van der Waals surface area contributed by atoms with E-state index in [-0.39, 0.29) is 5.91 Å². The number of carbonyl (C=O) groups excluding carboxylic acids is 1. The first-order chi connectivity index (χ1) is 9.39. The third-order valence-electron chi connectivity index (χ3n) is 3.93. The van der Waals surface area contributed by atoms with E-state index >= 15 is 0 Å². The summed E-state index contributed by atoms with van der Waals surface area (Å²) < 4.78 is 1.72. The van der Waals surface area contributed by atoms with Gasteiger partial charge in [-0.25, -0.2) is 0 Å². The highest BCUT2D eigenvalue weighted by molar-refractivity contribution is 14.1. The van der Waals surface area contributed by atoms with Gasteiger partial charge in [-0.15, -0.1) is 0 Å². The third kappa shape index (κ3) is 2.86. The molecular formula is C14H15BrINO3. The average molecular weight is 452 g/mol. The van der Waals surface area contributed by atoms with Crippen molar-refractivity contribution in [3.05, 3.63) is 31.8 Å². The molecule has 1 aromatic carbocycles. The van der Waals surface area contributed by atoms with E-state index in [0.29, 0.717) is 31.5 Å². The van der Waals surface area contributed by atoms with E-state index < -0.39 is 11.4 Å². The van der Waals surface area contributed by atoms with Crippen molar-refractivity contribution in [2.24, 2.45) is 5.41 Å². The molecule has 4 nitrogen and oxygen atoms in total. The molecule has 1 heterocycles. The summed E-state index contributed by atoms with van der Waals surface area (Å²) in [5, 5.41) is 9.39. The fourth-order valence-corrected chi connectivity index (χ4v) is 3.42. The van der Waals surface area contributed by atoms with Gasteiger partial charge in [-0.2, -0.15) is 0 Å². The highest BCUT2D eigenvalue weighted by Gasteiger charge is 2.45. The lowest BCUT2D eigenvalue weighted by atomic mass is 9.84. The maximum absolute atomic E-state index is 12.6. The molecule has 1 aliphatic rings. The lowest BCUT2D eigenvalue weighted by Crippen LogP contribution is -2.36. The standard InChI is InChI=1S/C14H15BrINO3/c1-2-14(13(19)20)5-6-17(8-14)12(18)10-7-9(15)3-4-11(10)16/h3-4,7H,2,5-6,8H2,1H3,(H,19,20). The van der Waals surface area contributed by atoms with E-state index in [1.165, 1.54) is 0 Å². The lowest BCUT2D eigenvalue weighted by Gasteiger charge is -2.23. The normalized spacial score (nSPS) is 22.1. The topological polar surface area (TPSA) is 57.6 Å². The molecule has 0 aliphatic carbocycles. The molecule has 0 bridgehead atoms. The van der Waals surface area contributed by atoms with Crippen LogP contribution in [0.25, 0.3) is 0 Å². The number of carbonyl (C=O) groups is 2. The number of amides is 1. The molecule has 2 rings (SSSR count). The van der Waals surface area contributed by atoms with Crippen LogP contribution in [0.15, 0.2) is 22.7 Å². The maximum atomic E-state index is 12.6. The van der Waals surface area contributed by atoms with Gasteiger partial charge in [0.05, 0.1) is 11.0 Å². The van der Waals surface area contributed by atoms with Crippen molar-refractivity contribution in [3.8, 4) is 0 Å². The van der Waals surface area contributed by atoms with E-state index in [1.54, 1.807) is 11.0 Å². The van der Waals surface area contributed by atoms with Crippen molar-refractivity contribution in [2.45, 2.75) is 19.8 Å². The molecular weight excluding hydrogens is 437 g/mol. The molecule has 20 heavy (non-hydrogen) atoms. The van der Waals surface area contributed by atoms with Gasteiger partial charge >= 0.3 is 5.97 Å². The Hall–Kier alpha value is -0.630. The Morgan fingerprint density at radius 1 is 1.50 bits per heavy atom. The zero-order valence-electron chi connectivity index (χ0n) is 11.0. The number of nitrogens with zero attached hydrogens (tertiary/aromatic N) is 1. The summed E-state index contributed by atoms with van der Waals surface area (Å²) in [6.07, 6.45) is 1.07. The van der Waals surface area contributed by atoms with Crippen LogP contribution >= 0.6 is 38.5 Å². The van der Waals surface area contributed by atoms with Crippen LogP contribution < -0.4 is 0 Å². The monoisotopic (exact) mass is 451 g/mol. The van der Waals surface area contributed by atoms with Crippen LogP contribution in [-0.2, 0) is 4.79 Å². The summed E-state index contributed by atoms with van der Waals surface area (Å²) in [6.45, 7) is 2.66. The van der Waals surface area contributed by atoms with Crippen LogP contribution in [0.2, 0.25) is 0 Å². The molecule has 1 unspecified atom stereocenters. The number of hydrogen-bond donors (Lipinski definition) is 1. The van der Waals surface area contributed by atoms with Crippen molar-refractivity contribution in [2.75, 3.05) is 13.1 Å². The minimum atomic E-state index is -0.806. The summed E-state index contributed by atoms with van der Waals surface area (Å²) in [5.74, 6) is -0.897. The van der Waals surface area contributed by atoms with Gasteiger partial charge in [0.15, 0.2) is 0 Å². The summed E-state index contributed by atoms with van der Waals surface area (Å²) in [4.78, 5) is 25.6. The molecule has 1 atom stereocenters. The Labute approximate surface area is 139 Å². The number of likely N-dealkylation sites (tertiary alicyclic amines) is 1. The molecule has 1 N–H and O–H groups in total. The number of carboxylic acids is 1. The quantitative estimate of drug-likeness (QED) is 0.716. The van der Waals surface area contributed by atoms with E-state index in [9.17, 15) is 14.7 Å². The molecule has 0 spiro atoms. The second kappa shape index (κ2) is 6.01. The van der Waals surface area contributed by atoms with Gasteiger partial charge in [0.2, 0.25) is 0 Å². The smallest absolute Gasteiger partial charge is 0.311 e. The highest BCUT2D eigenvalue weighted by atomic mass is 127. The van der Waals surface area contributed by atoms with E-state index in [4.69, 9.17) is 0 Å². The van der Waals surface area contributed by atoms with Crippen LogP contribution in [0.3, 0.4) is 0 Å². The molecule has 0 aromatic heterocycles. The molecule has 6 heteroatoms. The van der Waals surface area contributed by atoms with Crippen molar-refractivity contribution in [1.82, 2.24) is 4.90 Å². The predicted octanol–water partition coefficient (Wildman–Crippen LogP) is 3.38. The SMILES string of the molecule is CCC1(C(=O)O)CCN(C(=O)c2cc(Br)ccc2I)C1. The lowest BCUT2D eigenvalue weighted by molar-refractivity contribution is -0.148. The van der Waals surface area contributed by atoms with Crippen LogP contribution in [0, 0.1) is 8.99 Å². The minimum absolute atomic E-state index is 0.0905. The molecule has 0 saturated carbocycles. The van der Waals surface area contributed by atoms with Gasteiger partial charge in [-0.1, -0.05) is 22.9 Å². The molecule has 1 aromatic rings. The average Bonchev–Trinajstić information content (AvgIpc) is 2.86. The summed E-state index contributed by atoms with van der Waals surface area (Å²) in [6, 6.07) is 5.55. The van der Waals surface area contributed by atoms with Gasteiger partial charge in [-0.05, 0) is 53.6 Å². The van der Waals surface area contributed by atoms with Gasteiger partial charge < -0.3 is 10.0 Å². The fraction of sp³-hybridized carbons (Fsp3) is 0.429. The Bertz CT molecular complexity index is 563. The fourth-order valence-electron chi connectivity index (χ4n) is 2.49. The zero-order valence-corrected chi connectivity index (χ0v) is 14.8. The van der Waals surface area contributed by atoms with Crippen LogP contribution in [-0.4, -0.2) is 35.0 Å². The Morgan fingerprint density at radius 3 is 2.75 bits per heavy atom. The molecule has 108 valence electrons. The summed E-state index contributed by atoms with van der Waals surface area (Å²) >= 11 is 5.49. The Morgan fingerprint density at radius 2 is 2.20 bits per heavy atom. The van der Waals surface area contributed by atoms with Gasteiger partial charge in [0.1, 0.15) is 0 Å². The van der Waals surface area contributed by atoms with Gasteiger partial charge in [0.25, 0.3) is 5.91 Å². The van der Waals surface area contributed by atoms with Crippen LogP contribution in [0.1, 0.15) is 30.1 Å². The largest absolute Gasteiger partial charge is 0.481 e. The first-order valence-electron chi connectivity index (χ1n) is 6.37. The van der Waals surface area contributed by atoms with E-state index in [1.807, 2.05) is 19.1 Å². The number of aliphatic carboxylic acids is 1. The van der Waals surface area contributed by atoms with Crippen LogP contribution in [0.4, 0.5) is 0 Å². The predicted molar refractivity (Wildman–Crippen MR) is 87.7 cm³/mol. The van der Waals surface area contributed by atoms with E-state index in [2.05, 4.69) is 38.5 Å². The third-order valence-corrected chi connectivity index (χ3v) is 5.36. The second-order valence-electron chi connectivity index (χ2n) is 5.04. The van der Waals surface area contributed by atoms with E-state index in [0.717, 1.165) is 8.04 Å². The second-order valence-corrected chi connectivity index (χ2v) is 7.12. The summed E-state index contributed by atoms with van der Waals surface area (Å²) in [7, 11) is 0. The molecule has 1 amide bonds. The number of carboxylic acid groups (broad SMARTS) is 1. The zero-order chi connectivity index (χ0) is 14.9. The van der Waals surface area contributed by atoms with Gasteiger partial charge in [-0.3, -0.25) is 9.59 Å².